The molecule has 0 spiro atoms. The zero-order valence-electron chi connectivity index (χ0n) is 14.9. The van der Waals surface area contributed by atoms with Crippen molar-refractivity contribution in [2.24, 2.45) is 5.92 Å². The molecular weight excluding hydrogens is 551 g/mol. The van der Waals surface area contributed by atoms with Gasteiger partial charge in [0.25, 0.3) is 0 Å². The fraction of sp³-hybridized carbons (Fsp3) is 0.455. The molecule has 1 atom stereocenters. The smallest absolute Gasteiger partial charge is 0.0680 e. The lowest BCUT2D eigenvalue weighted by Crippen LogP contribution is -2.26. The van der Waals surface area contributed by atoms with Gasteiger partial charge in [-0.25, -0.2) is 0 Å². The van der Waals surface area contributed by atoms with E-state index in [0.29, 0.717) is 5.92 Å². The van der Waals surface area contributed by atoms with Crippen LogP contribution in [-0.4, -0.2) is 0 Å². The Morgan fingerprint density at radius 2 is 1.40 bits per heavy atom. The Balaban J connectivity index is 1.93. The minimum absolute atomic E-state index is 0.0563. The molecule has 25 heavy (non-hydrogen) atoms. The van der Waals surface area contributed by atoms with E-state index in [2.05, 4.69) is 105 Å². The van der Waals surface area contributed by atoms with Crippen LogP contribution in [0.3, 0.4) is 0 Å². The van der Waals surface area contributed by atoms with Crippen molar-refractivity contribution in [1.29, 1.82) is 0 Å². The highest BCUT2D eigenvalue weighted by Gasteiger charge is 2.44. The van der Waals surface area contributed by atoms with Crippen molar-refractivity contribution in [3.63, 3.8) is 0 Å². The van der Waals surface area contributed by atoms with Gasteiger partial charge in [0.15, 0.2) is 0 Å². The molecule has 134 valence electrons. The third-order valence-corrected chi connectivity index (χ3v) is 8.67. The molecule has 1 aliphatic carbocycles. The second-order valence-electron chi connectivity index (χ2n) is 7.20. The molecular formula is C22H25Br2I. The minimum atomic E-state index is 0.0563. The number of halogens is 3. The van der Waals surface area contributed by atoms with Crippen molar-refractivity contribution >= 4 is 54.5 Å². The molecule has 0 fully saturated rings. The molecule has 0 aliphatic heterocycles. The Hall–Kier alpha value is 0.130. The molecule has 0 aromatic heterocycles. The summed E-state index contributed by atoms with van der Waals surface area (Å²) in [5.74, 6) is 0.610. The van der Waals surface area contributed by atoms with Crippen molar-refractivity contribution < 1.29 is 0 Å². The first-order valence-electron chi connectivity index (χ1n) is 9.27. The predicted octanol–water partition coefficient (Wildman–Crippen LogP) is 8.87. The van der Waals surface area contributed by atoms with Crippen molar-refractivity contribution in [1.82, 2.24) is 0 Å². The van der Waals surface area contributed by atoms with Crippen LogP contribution in [0.2, 0.25) is 0 Å². The highest BCUT2D eigenvalue weighted by molar-refractivity contribution is 14.1. The normalized spacial score (nSPS) is 15.7. The van der Waals surface area contributed by atoms with Crippen molar-refractivity contribution in [2.45, 2.75) is 55.8 Å². The summed E-state index contributed by atoms with van der Waals surface area (Å²) in [5, 5.41) is 0. The Kier molecular flexibility index (Phi) is 6.70. The fourth-order valence-corrected chi connectivity index (χ4v) is 5.96. The summed E-state index contributed by atoms with van der Waals surface area (Å²) in [5.41, 5.74) is 5.74. The monoisotopic (exact) mass is 574 g/mol. The standard InChI is InChI=1S/C22H25Br2I/c1-3-4-5-6-7-8-15(2)22(25)20-13-16(23)9-11-18(20)19-12-10-17(24)14-21(19)22/h9-15H,3-8H2,1-2H3. The second kappa shape index (κ2) is 8.43. The van der Waals surface area contributed by atoms with Gasteiger partial charge in [0.1, 0.15) is 0 Å². The van der Waals surface area contributed by atoms with E-state index in [0.717, 1.165) is 0 Å². The number of alkyl halides is 1. The van der Waals surface area contributed by atoms with Crippen LogP contribution >= 0.6 is 54.5 Å². The average molecular weight is 576 g/mol. The van der Waals surface area contributed by atoms with Crippen LogP contribution < -0.4 is 0 Å². The maximum absolute atomic E-state index is 3.69. The highest BCUT2D eigenvalue weighted by atomic mass is 127. The van der Waals surface area contributed by atoms with E-state index in [1.165, 1.54) is 69.7 Å². The van der Waals surface area contributed by atoms with Crippen LogP contribution in [0.5, 0.6) is 0 Å². The van der Waals surface area contributed by atoms with E-state index in [1.807, 2.05) is 0 Å². The predicted molar refractivity (Wildman–Crippen MR) is 125 cm³/mol. The van der Waals surface area contributed by atoms with Gasteiger partial charge in [0, 0.05) is 8.95 Å². The topological polar surface area (TPSA) is 0 Å². The maximum atomic E-state index is 3.69. The van der Waals surface area contributed by atoms with Crippen LogP contribution in [0.4, 0.5) is 0 Å². The Morgan fingerprint density at radius 3 is 1.92 bits per heavy atom. The molecule has 0 nitrogen and oxygen atoms in total. The molecule has 0 saturated carbocycles. The second-order valence-corrected chi connectivity index (χ2v) is 10.7. The van der Waals surface area contributed by atoms with Crippen LogP contribution in [-0.2, 0) is 3.42 Å². The van der Waals surface area contributed by atoms with Gasteiger partial charge in [-0.05, 0) is 58.9 Å². The molecule has 0 saturated heterocycles. The van der Waals surface area contributed by atoms with E-state index >= 15 is 0 Å². The third-order valence-electron chi connectivity index (χ3n) is 5.46. The van der Waals surface area contributed by atoms with E-state index in [-0.39, 0.29) is 3.42 Å². The Labute approximate surface area is 182 Å². The number of fused-ring (bicyclic) bond motifs is 3. The van der Waals surface area contributed by atoms with Gasteiger partial charge in [0.05, 0.1) is 3.42 Å². The quantitative estimate of drug-likeness (QED) is 0.176. The van der Waals surface area contributed by atoms with Crippen LogP contribution in [0.15, 0.2) is 45.3 Å². The van der Waals surface area contributed by atoms with Gasteiger partial charge >= 0.3 is 0 Å². The lowest BCUT2D eigenvalue weighted by Gasteiger charge is -2.32. The van der Waals surface area contributed by atoms with Crippen molar-refractivity contribution in [3.05, 3.63) is 56.5 Å². The van der Waals surface area contributed by atoms with Gasteiger partial charge in [-0.15, -0.1) is 0 Å². The summed E-state index contributed by atoms with van der Waals surface area (Å²) in [6.07, 6.45) is 8.04. The number of unbranched alkanes of at least 4 members (excludes halogenated alkanes) is 4. The summed E-state index contributed by atoms with van der Waals surface area (Å²) in [6, 6.07) is 13.6. The molecule has 0 bridgehead atoms. The SMILES string of the molecule is CCCCCCCC(C)C1(I)c2cc(Br)ccc2-c2ccc(Br)cc21. The van der Waals surface area contributed by atoms with Gasteiger partial charge in [0.2, 0.25) is 0 Å². The molecule has 1 unspecified atom stereocenters. The number of hydrogen-bond donors (Lipinski definition) is 0. The molecule has 0 amide bonds. The summed E-state index contributed by atoms with van der Waals surface area (Å²) in [6.45, 7) is 4.72. The van der Waals surface area contributed by atoms with Crippen molar-refractivity contribution in [3.8, 4) is 11.1 Å². The van der Waals surface area contributed by atoms with Crippen LogP contribution in [0.25, 0.3) is 11.1 Å². The van der Waals surface area contributed by atoms with E-state index in [1.54, 1.807) is 0 Å². The van der Waals surface area contributed by atoms with Crippen LogP contribution in [0.1, 0.15) is 63.5 Å². The average Bonchev–Trinajstić information content (AvgIpc) is 2.84. The summed E-state index contributed by atoms with van der Waals surface area (Å²) < 4.78 is 2.41. The zero-order chi connectivity index (χ0) is 18.0. The van der Waals surface area contributed by atoms with Gasteiger partial charge in [-0.2, -0.15) is 0 Å². The van der Waals surface area contributed by atoms with Gasteiger partial charge in [-0.3, -0.25) is 0 Å². The summed E-state index contributed by atoms with van der Waals surface area (Å²) >= 11 is 10.1. The molecule has 0 radical (unpaired) electrons. The molecule has 1 aliphatic rings. The summed E-state index contributed by atoms with van der Waals surface area (Å²) in [4.78, 5) is 0. The van der Waals surface area contributed by atoms with E-state index < -0.39 is 0 Å². The zero-order valence-corrected chi connectivity index (χ0v) is 20.2. The lowest BCUT2D eigenvalue weighted by molar-refractivity contribution is 0.434. The minimum Gasteiger partial charge on any atom is -0.0680 e. The molecule has 3 rings (SSSR count). The van der Waals surface area contributed by atoms with Crippen molar-refractivity contribution in [2.75, 3.05) is 0 Å². The van der Waals surface area contributed by atoms with E-state index in [4.69, 9.17) is 0 Å². The highest BCUT2D eigenvalue weighted by Crippen LogP contribution is 2.58. The molecule has 3 heteroatoms. The van der Waals surface area contributed by atoms with E-state index in [9.17, 15) is 0 Å². The summed E-state index contributed by atoms with van der Waals surface area (Å²) in [7, 11) is 0. The lowest BCUT2D eigenvalue weighted by atomic mass is 9.82. The Morgan fingerprint density at radius 1 is 0.880 bits per heavy atom. The third kappa shape index (κ3) is 3.89. The number of rotatable bonds is 7. The van der Waals surface area contributed by atoms with Crippen LogP contribution in [0, 0.1) is 5.92 Å². The fourth-order valence-electron chi connectivity index (χ4n) is 4.03. The number of benzene rings is 2. The molecule has 0 N–H and O–H groups in total. The van der Waals surface area contributed by atoms with Gasteiger partial charge in [-0.1, -0.05) is 113 Å². The Bertz CT molecular complexity index is 702. The first-order valence-corrected chi connectivity index (χ1v) is 11.9. The van der Waals surface area contributed by atoms with Gasteiger partial charge < -0.3 is 0 Å². The molecule has 2 aromatic rings. The largest absolute Gasteiger partial charge is 0.0756 e. The molecule has 0 heterocycles. The molecule has 2 aromatic carbocycles. The first kappa shape index (κ1) is 19.9. The number of hydrogen-bond acceptors (Lipinski definition) is 0. The first-order chi connectivity index (χ1) is 12.0. The maximum Gasteiger partial charge on any atom is 0.0756 e.